The van der Waals surface area contributed by atoms with Gasteiger partial charge in [-0.15, -0.1) is 23.4 Å². The molecule has 196 valence electrons. The highest BCUT2D eigenvalue weighted by Crippen LogP contribution is 2.32. The summed E-state index contributed by atoms with van der Waals surface area (Å²) in [6, 6.07) is 12.8. The zero-order valence-corrected chi connectivity index (χ0v) is 20.9. The van der Waals surface area contributed by atoms with Crippen molar-refractivity contribution in [3.63, 3.8) is 0 Å². The van der Waals surface area contributed by atoms with E-state index in [0.29, 0.717) is 23.1 Å². The number of Topliss-reactive ketones (excluding diaryl/α,β-unsaturated/α-hetero) is 1. The molecule has 2 aromatic carbocycles. The highest BCUT2D eigenvalue weighted by Gasteiger charge is 2.33. The van der Waals surface area contributed by atoms with Crippen LogP contribution in [0.2, 0.25) is 0 Å². The largest absolute Gasteiger partial charge is 0.573 e. The molecule has 1 aromatic heterocycles. The van der Waals surface area contributed by atoms with Gasteiger partial charge in [0.25, 0.3) is 0 Å². The van der Waals surface area contributed by atoms with Crippen LogP contribution in [-0.2, 0) is 11.2 Å². The van der Waals surface area contributed by atoms with Crippen molar-refractivity contribution in [2.24, 2.45) is 0 Å². The van der Waals surface area contributed by atoms with Gasteiger partial charge in [-0.1, -0.05) is 48.6 Å². The van der Waals surface area contributed by atoms with Crippen LogP contribution in [0.3, 0.4) is 0 Å². The fourth-order valence-corrected chi connectivity index (χ4v) is 4.78. The van der Waals surface area contributed by atoms with Gasteiger partial charge in [-0.05, 0) is 24.7 Å². The maximum Gasteiger partial charge on any atom is 0.573 e. The number of amides is 1. The number of nitrogens with zero attached hydrogens (tertiary/aromatic N) is 4. The minimum absolute atomic E-state index is 0.0221. The van der Waals surface area contributed by atoms with Crippen molar-refractivity contribution in [2.45, 2.75) is 19.7 Å². The Morgan fingerprint density at radius 2 is 1.73 bits per heavy atom. The number of benzene rings is 2. The molecule has 1 aliphatic rings. The number of anilines is 1. The molecule has 0 radical (unpaired) electrons. The van der Waals surface area contributed by atoms with Crippen LogP contribution in [0.15, 0.2) is 48.5 Å². The molecule has 0 unspecified atom stereocenters. The van der Waals surface area contributed by atoms with E-state index in [-0.39, 0.29) is 30.0 Å². The predicted molar refractivity (Wildman–Crippen MR) is 134 cm³/mol. The van der Waals surface area contributed by atoms with E-state index in [9.17, 15) is 22.8 Å². The number of carbonyl (C=O) groups is 2. The molecule has 1 fully saturated rings. The molecule has 0 bridgehead atoms. The van der Waals surface area contributed by atoms with Crippen LogP contribution in [0.4, 0.5) is 18.9 Å². The topological polar surface area (TPSA) is 87.7 Å². The highest BCUT2D eigenvalue weighted by molar-refractivity contribution is 7.14. The second-order valence-corrected chi connectivity index (χ2v) is 9.55. The second kappa shape index (κ2) is 11.8. The summed E-state index contributed by atoms with van der Waals surface area (Å²) in [7, 11) is 0. The van der Waals surface area contributed by atoms with Crippen LogP contribution < -0.4 is 10.1 Å². The first-order valence-electron chi connectivity index (χ1n) is 11.8. The lowest BCUT2D eigenvalue weighted by Gasteiger charge is -2.33. The lowest BCUT2D eigenvalue weighted by atomic mass is 10.1. The van der Waals surface area contributed by atoms with E-state index in [1.807, 2.05) is 35.2 Å². The van der Waals surface area contributed by atoms with Crippen molar-refractivity contribution in [2.75, 3.05) is 44.6 Å². The second-order valence-electron chi connectivity index (χ2n) is 8.48. The van der Waals surface area contributed by atoms with E-state index in [2.05, 4.69) is 32.1 Å². The Morgan fingerprint density at radius 1 is 1.03 bits per heavy atom. The molecule has 1 saturated heterocycles. The summed E-state index contributed by atoms with van der Waals surface area (Å²) in [5, 5.41) is 11.8. The summed E-state index contributed by atoms with van der Waals surface area (Å²) in [6.07, 6.45) is -5.04. The molecule has 4 rings (SSSR count). The Labute approximate surface area is 216 Å². The molecule has 12 heteroatoms. The monoisotopic (exact) mass is 533 g/mol. The summed E-state index contributed by atoms with van der Waals surface area (Å²) in [4.78, 5) is 29.8. The van der Waals surface area contributed by atoms with E-state index in [0.717, 1.165) is 31.3 Å². The first kappa shape index (κ1) is 26.7. The number of piperazine rings is 1. The first-order chi connectivity index (χ1) is 17.7. The highest BCUT2D eigenvalue weighted by atomic mass is 32.1. The van der Waals surface area contributed by atoms with Crippen molar-refractivity contribution >= 4 is 28.7 Å². The molecule has 0 aliphatic carbocycles. The molecule has 1 aliphatic heterocycles. The van der Waals surface area contributed by atoms with Crippen LogP contribution in [-0.4, -0.2) is 77.3 Å². The molecule has 1 amide bonds. The normalized spacial score (nSPS) is 14.9. The third kappa shape index (κ3) is 7.57. The number of carbonyl (C=O) groups excluding carboxylic acids is 2. The number of halogens is 3. The van der Waals surface area contributed by atoms with Crippen LogP contribution in [0, 0.1) is 0 Å². The molecule has 0 saturated carbocycles. The molecular formula is C25H26F3N5O3S. The average Bonchev–Trinajstić information content (AvgIpc) is 3.33. The van der Waals surface area contributed by atoms with E-state index < -0.39 is 18.0 Å². The SMILES string of the molecule is CCN1CCN(CC(=O)Nc2cc(C(=O)Cc3nnc(-c4ccccc4)s3)ccc2OC(F)(F)F)CC1. The molecule has 2 heterocycles. The third-order valence-electron chi connectivity index (χ3n) is 5.88. The van der Waals surface area contributed by atoms with Gasteiger partial charge < -0.3 is 15.0 Å². The van der Waals surface area contributed by atoms with Crippen LogP contribution >= 0.6 is 11.3 Å². The standard InChI is InChI=1S/C25H26F3N5O3S/c1-2-32-10-12-33(13-11-32)16-22(35)29-19-14-18(8-9-21(19)36-25(26,27)28)20(34)15-23-30-31-24(37-23)17-6-4-3-5-7-17/h3-9,14H,2,10-13,15-16H2,1H3,(H,29,35). The van der Waals surface area contributed by atoms with Gasteiger partial charge in [-0.2, -0.15) is 0 Å². The number of likely N-dealkylation sites (N-methyl/N-ethyl adjacent to an activating group) is 1. The van der Waals surface area contributed by atoms with Crippen molar-refractivity contribution in [3.05, 3.63) is 59.1 Å². The lowest BCUT2D eigenvalue weighted by Crippen LogP contribution is -2.48. The van der Waals surface area contributed by atoms with Gasteiger partial charge in [0.1, 0.15) is 10.0 Å². The van der Waals surface area contributed by atoms with Crippen LogP contribution in [0.5, 0.6) is 5.75 Å². The minimum Gasteiger partial charge on any atom is -0.404 e. The molecule has 1 N–H and O–H groups in total. The van der Waals surface area contributed by atoms with Gasteiger partial charge >= 0.3 is 6.36 Å². The first-order valence-corrected chi connectivity index (χ1v) is 12.6. The van der Waals surface area contributed by atoms with Gasteiger partial charge in [0.2, 0.25) is 5.91 Å². The zero-order valence-electron chi connectivity index (χ0n) is 20.1. The van der Waals surface area contributed by atoms with Crippen molar-refractivity contribution < 1.29 is 27.5 Å². The summed E-state index contributed by atoms with van der Waals surface area (Å²) in [5.74, 6) is -1.45. The maximum absolute atomic E-state index is 13.0. The Kier molecular flexibility index (Phi) is 8.52. The smallest absolute Gasteiger partial charge is 0.404 e. The Hall–Kier alpha value is -3.35. The van der Waals surface area contributed by atoms with Gasteiger partial charge in [-0.25, -0.2) is 0 Å². The summed E-state index contributed by atoms with van der Waals surface area (Å²) < 4.78 is 43.0. The average molecular weight is 534 g/mol. The van der Waals surface area contributed by atoms with Gasteiger partial charge in [0.15, 0.2) is 11.5 Å². The van der Waals surface area contributed by atoms with Crippen LogP contribution in [0.25, 0.3) is 10.6 Å². The lowest BCUT2D eigenvalue weighted by molar-refractivity contribution is -0.274. The van der Waals surface area contributed by atoms with E-state index >= 15 is 0 Å². The van der Waals surface area contributed by atoms with Gasteiger partial charge in [0, 0.05) is 37.3 Å². The van der Waals surface area contributed by atoms with E-state index in [4.69, 9.17) is 0 Å². The third-order valence-corrected chi connectivity index (χ3v) is 6.85. The molecule has 3 aromatic rings. The number of ketones is 1. The fourth-order valence-electron chi connectivity index (χ4n) is 3.93. The maximum atomic E-state index is 13.0. The number of aromatic nitrogens is 2. The summed E-state index contributed by atoms with van der Waals surface area (Å²) >= 11 is 1.26. The molecule has 0 spiro atoms. The van der Waals surface area contributed by atoms with Gasteiger partial charge in [-0.3, -0.25) is 14.5 Å². The van der Waals surface area contributed by atoms with E-state index in [1.54, 1.807) is 0 Å². The predicted octanol–water partition coefficient (Wildman–Crippen LogP) is 4.11. The molecule has 0 atom stereocenters. The van der Waals surface area contributed by atoms with Crippen molar-refractivity contribution in [1.29, 1.82) is 0 Å². The summed E-state index contributed by atoms with van der Waals surface area (Å²) in [6.45, 7) is 5.99. The number of hydrogen-bond acceptors (Lipinski definition) is 8. The van der Waals surface area contributed by atoms with Crippen molar-refractivity contribution in [1.82, 2.24) is 20.0 Å². The molecular weight excluding hydrogens is 507 g/mol. The zero-order chi connectivity index (χ0) is 26.4. The minimum atomic E-state index is -4.96. The Balaban J connectivity index is 1.46. The summed E-state index contributed by atoms with van der Waals surface area (Å²) in [5.41, 5.74) is 0.772. The molecule has 8 nitrogen and oxygen atoms in total. The number of hydrogen-bond donors (Lipinski definition) is 1. The number of ether oxygens (including phenoxy) is 1. The van der Waals surface area contributed by atoms with Crippen LogP contribution in [0.1, 0.15) is 22.3 Å². The Morgan fingerprint density at radius 3 is 2.41 bits per heavy atom. The van der Waals surface area contributed by atoms with Gasteiger partial charge in [0.05, 0.1) is 18.7 Å². The van der Waals surface area contributed by atoms with Crippen molar-refractivity contribution in [3.8, 4) is 16.3 Å². The number of alkyl halides is 3. The molecule has 37 heavy (non-hydrogen) atoms. The quantitative estimate of drug-likeness (QED) is 0.415. The van der Waals surface area contributed by atoms with E-state index in [1.165, 1.54) is 23.5 Å². The Bertz CT molecular complexity index is 1230. The fraction of sp³-hybridized carbons (Fsp3) is 0.360. The number of rotatable bonds is 9. The number of nitrogens with one attached hydrogen (secondary N) is 1.